The van der Waals surface area contributed by atoms with Crippen LogP contribution in [0, 0.1) is 11.6 Å². The molecule has 0 bridgehead atoms. The first kappa shape index (κ1) is 17.4. The lowest BCUT2D eigenvalue weighted by Crippen LogP contribution is -2.60. The monoisotopic (exact) mass is 359 g/mol. The van der Waals surface area contributed by atoms with Crippen molar-refractivity contribution in [2.24, 2.45) is 0 Å². The van der Waals surface area contributed by atoms with Gasteiger partial charge in [0.25, 0.3) is 11.5 Å². The highest BCUT2D eigenvalue weighted by molar-refractivity contribution is 5.98. The van der Waals surface area contributed by atoms with Gasteiger partial charge in [0.2, 0.25) is 6.17 Å². The number of ketones is 1. The third-order valence-corrected chi connectivity index (χ3v) is 3.95. The Kier molecular flexibility index (Phi) is 4.29. The van der Waals surface area contributed by atoms with Crippen LogP contribution < -0.4 is 4.57 Å². The van der Waals surface area contributed by atoms with Crippen LogP contribution in [0.5, 0.6) is 0 Å². The third-order valence-electron chi connectivity index (χ3n) is 3.95. The Morgan fingerprint density at radius 1 is 1.16 bits per heavy atom. The molecule has 0 saturated carbocycles. The number of hydrogen-bond donors (Lipinski definition) is 1. The molecule has 0 spiro atoms. The average Bonchev–Trinajstić information content (AvgIpc) is 2.52. The second-order valence-corrected chi connectivity index (χ2v) is 5.61. The van der Waals surface area contributed by atoms with Gasteiger partial charge in [0.1, 0.15) is 24.1 Å². The van der Waals surface area contributed by atoms with Crippen LogP contribution >= 0.6 is 0 Å². The minimum absolute atomic E-state index is 0.115. The summed E-state index contributed by atoms with van der Waals surface area (Å²) in [6.07, 6.45) is -6.54. The summed E-state index contributed by atoms with van der Waals surface area (Å²) in [6.45, 7) is 0. The van der Waals surface area contributed by atoms with Gasteiger partial charge >= 0.3 is 6.18 Å². The van der Waals surface area contributed by atoms with E-state index in [4.69, 9.17) is 0 Å². The first-order chi connectivity index (χ1) is 11.7. The Morgan fingerprint density at radius 2 is 1.88 bits per heavy atom. The fourth-order valence-corrected chi connectivity index (χ4v) is 2.89. The first-order valence-corrected chi connectivity index (χ1v) is 7.22. The highest BCUT2D eigenvalue weighted by Crippen LogP contribution is 2.36. The largest absolute Gasteiger partial charge is 0.396 e. The van der Waals surface area contributed by atoms with Crippen molar-refractivity contribution in [2.45, 2.75) is 24.8 Å². The molecule has 1 aromatic heterocycles. The molecule has 1 N–H and O–H groups in total. The van der Waals surface area contributed by atoms with Gasteiger partial charge in [0, 0.05) is 23.8 Å². The van der Waals surface area contributed by atoms with Crippen LogP contribution in [-0.4, -0.2) is 22.2 Å². The summed E-state index contributed by atoms with van der Waals surface area (Å²) in [6, 6.07) is 4.73. The van der Waals surface area contributed by atoms with Gasteiger partial charge in [-0.15, -0.1) is 5.06 Å². The van der Waals surface area contributed by atoms with Gasteiger partial charge < -0.3 is 5.21 Å². The van der Waals surface area contributed by atoms with Crippen LogP contribution in [0.25, 0.3) is 0 Å². The van der Waals surface area contributed by atoms with E-state index >= 15 is 0 Å². The van der Waals surface area contributed by atoms with Crippen LogP contribution in [0.3, 0.4) is 0 Å². The summed E-state index contributed by atoms with van der Waals surface area (Å²) in [5.74, 6) is -2.84. The molecule has 9 heteroatoms. The first-order valence-electron chi connectivity index (χ1n) is 7.22. The highest BCUT2D eigenvalue weighted by Gasteiger charge is 2.51. The fourth-order valence-electron chi connectivity index (χ4n) is 2.89. The number of halogens is 5. The summed E-state index contributed by atoms with van der Waals surface area (Å²) >= 11 is 0. The Labute approximate surface area is 138 Å². The predicted octanol–water partition coefficient (Wildman–Crippen LogP) is 3.33. The van der Waals surface area contributed by atoms with E-state index in [2.05, 4.69) is 0 Å². The number of rotatable bonds is 2. The van der Waals surface area contributed by atoms with Crippen molar-refractivity contribution in [1.29, 1.82) is 0 Å². The van der Waals surface area contributed by atoms with E-state index < -0.39 is 47.8 Å². The zero-order valence-corrected chi connectivity index (χ0v) is 12.5. The van der Waals surface area contributed by atoms with Crippen molar-refractivity contribution in [3.05, 3.63) is 65.5 Å². The summed E-state index contributed by atoms with van der Waals surface area (Å²) in [7, 11) is 0. The maximum absolute atomic E-state index is 14.1. The maximum Gasteiger partial charge on any atom is 0.396 e. The summed E-state index contributed by atoms with van der Waals surface area (Å²) < 4.78 is 66.9. The van der Waals surface area contributed by atoms with Crippen molar-refractivity contribution in [3.63, 3.8) is 0 Å². The van der Waals surface area contributed by atoms with Crippen molar-refractivity contribution >= 4 is 5.78 Å². The lowest BCUT2D eigenvalue weighted by Gasteiger charge is -2.33. The smallest absolute Gasteiger partial charge is 0.307 e. The summed E-state index contributed by atoms with van der Waals surface area (Å²) in [5, 5.41) is 10.5. The van der Waals surface area contributed by atoms with Gasteiger partial charge in [-0.05, 0) is 12.1 Å². The molecule has 132 valence electrons. The molecule has 1 aromatic carbocycles. The number of pyridine rings is 1. The Hall–Kier alpha value is -2.39. The standard InChI is InChI=1S/C16H12F5N2O2/c17-9-4-5-10(11(18)7-9)14-15(24)12-3-1-2-6-22(12)13(23(14)25)8-16(19,20)21/h1-7,13-14,25H,8H2/q+1. The van der Waals surface area contributed by atoms with E-state index in [-0.39, 0.29) is 10.8 Å². The predicted molar refractivity (Wildman–Crippen MR) is 73.4 cm³/mol. The Balaban J connectivity index is 2.13. The molecule has 0 saturated heterocycles. The van der Waals surface area contributed by atoms with Crippen molar-refractivity contribution < 1.29 is 36.5 Å². The Morgan fingerprint density at radius 3 is 2.52 bits per heavy atom. The van der Waals surface area contributed by atoms with Crippen LogP contribution in [0.15, 0.2) is 42.6 Å². The summed E-state index contributed by atoms with van der Waals surface area (Å²) in [4.78, 5) is 12.6. The van der Waals surface area contributed by atoms with E-state index in [9.17, 15) is 32.0 Å². The van der Waals surface area contributed by atoms with E-state index in [1.807, 2.05) is 0 Å². The number of hydrogen-bond acceptors (Lipinski definition) is 3. The molecule has 0 radical (unpaired) electrons. The number of carbonyl (C=O) groups is 1. The van der Waals surface area contributed by atoms with E-state index in [0.29, 0.717) is 6.07 Å². The van der Waals surface area contributed by atoms with Crippen LogP contribution in [0.4, 0.5) is 22.0 Å². The van der Waals surface area contributed by atoms with E-state index in [0.717, 1.165) is 16.7 Å². The molecular weight excluding hydrogens is 347 g/mol. The SMILES string of the molecule is O=C1c2cccc[n+]2C(CC(F)(F)F)N(O)C1c1ccc(F)cc1F. The molecule has 0 fully saturated rings. The number of nitrogens with zero attached hydrogens (tertiary/aromatic N) is 2. The average molecular weight is 359 g/mol. The molecule has 4 nitrogen and oxygen atoms in total. The number of benzene rings is 1. The molecule has 0 amide bonds. The number of aromatic nitrogens is 1. The van der Waals surface area contributed by atoms with E-state index in [1.54, 1.807) is 0 Å². The number of Topliss-reactive ketones (excluding diaryl/α,β-unsaturated/α-hetero) is 1. The number of alkyl halides is 3. The van der Waals surface area contributed by atoms with Gasteiger partial charge in [-0.25, -0.2) is 8.78 Å². The van der Waals surface area contributed by atoms with Gasteiger partial charge in [0.05, 0.1) is 0 Å². The molecule has 2 unspecified atom stereocenters. The van der Waals surface area contributed by atoms with Crippen LogP contribution in [0.2, 0.25) is 0 Å². The summed E-state index contributed by atoms with van der Waals surface area (Å²) in [5.41, 5.74) is -0.521. The van der Waals surface area contributed by atoms with Crippen LogP contribution in [-0.2, 0) is 0 Å². The second kappa shape index (κ2) is 6.16. The molecule has 0 aliphatic carbocycles. The highest BCUT2D eigenvalue weighted by atomic mass is 19.4. The topological polar surface area (TPSA) is 44.4 Å². The molecular formula is C16H12F5N2O2+. The van der Waals surface area contributed by atoms with Gasteiger partial charge in [-0.1, -0.05) is 6.07 Å². The number of fused-ring (bicyclic) bond motifs is 1. The lowest BCUT2D eigenvalue weighted by molar-refractivity contribution is -0.768. The molecule has 1 aliphatic heterocycles. The van der Waals surface area contributed by atoms with Gasteiger partial charge in [0.15, 0.2) is 6.20 Å². The second-order valence-electron chi connectivity index (χ2n) is 5.61. The molecule has 2 atom stereocenters. The zero-order chi connectivity index (χ0) is 18.4. The minimum atomic E-state index is -4.64. The third kappa shape index (κ3) is 3.24. The quantitative estimate of drug-likeness (QED) is 0.661. The molecule has 3 rings (SSSR count). The Bertz CT molecular complexity index is 824. The van der Waals surface area contributed by atoms with Gasteiger partial charge in [-0.2, -0.15) is 17.7 Å². The molecule has 2 heterocycles. The maximum atomic E-state index is 14.1. The van der Waals surface area contributed by atoms with Gasteiger partial charge in [-0.3, -0.25) is 4.79 Å². The van der Waals surface area contributed by atoms with Crippen molar-refractivity contribution in [1.82, 2.24) is 5.06 Å². The number of carbonyl (C=O) groups excluding carboxylic acids is 1. The lowest BCUT2D eigenvalue weighted by atomic mass is 9.95. The normalized spacial score (nSPS) is 21.3. The zero-order valence-electron chi connectivity index (χ0n) is 12.5. The number of hydroxylamine groups is 2. The molecule has 1 aliphatic rings. The minimum Gasteiger partial charge on any atom is -0.307 e. The van der Waals surface area contributed by atoms with Crippen molar-refractivity contribution in [3.8, 4) is 0 Å². The molecule has 25 heavy (non-hydrogen) atoms. The van der Waals surface area contributed by atoms with Crippen LogP contribution in [0.1, 0.15) is 34.7 Å². The van der Waals surface area contributed by atoms with Crippen molar-refractivity contribution in [2.75, 3.05) is 0 Å². The fraction of sp³-hybridized carbons (Fsp3) is 0.250. The molecule has 2 aromatic rings. The van der Waals surface area contributed by atoms with E-state index in [1.165, 1.54) is 24.4 Å².